The molecule has 0 radical (unpaired) electrons. The van der Waals surface area contributed by atoms with E-state index in [9.17, 15) is 9.90 Å². The normalized spacial score (nSPS) is 17.2. The van der Waals surface area contributed by atoms with Crippen molar-refractivity contribution in [3.05, 3.63) is 35.9 Å². The SMILES string of the molecule is CN(CCN1CCCC1=O)CC(O)c1ccccc1. The summed E-state index contributed by atoms with van der Waals surface area (Å²) in [4.78, 5) is 15.5. The molecule has 1 saturated heterocycles. The summed E-state index contributed by atoms with van der Waals surface area (Å²) >= 11 is 0. The number of likely N-dealkylation sites (N-methyl/N-ethyl adjacent to an activating group) is 1. The average molecular weight is 262 g/mol. The summed E-state index contributed by atoms with van der Waals surface area (Å²) in [5.41, 5.74) is 0.937. The molecule has 2 rings (SSSR count). The zero-order valence-electron chi connectivity index (χ0n) is 11.5. The number of amides is 1. The Morgan fingerprint density at radius 2 is 2.11 bits per heavy atom. The molecule has 1 atom stereocenters. The summed E-state index contributed by atoms with van der Waals surface area (Å²) in [5, 5.41) is 10.1. The van der Waals surface area contributed by atoms with Gasteiger partial charge in [-0.3, -0.25) is 4.79 Å². The molecule has 1 N–H and O–H groups in total. The van der Waals surface area contributed by atoms with Crippen LogP contribution in [0, 0.1) is 0 Å². The second kappa shape index (κ2) is 6.68. The number of aliphatic hydroxyl groups is 1. The fraction of sp³-hybridized carbons (Fsp3) is 0.533. The van der Waals surface area contributed by atoms with Gasteiger partial charge in [0.25, 0.3) is 0 Å². The Balaban J connectivity index is 1.75. The Bertz CT molecular complexity index is 408. The van der Waals surface area contributed by atoms with Crippen molar-refractivity contribution in [2.45, 2.75) is 18.9 Å². The third-order valence-electron chi connectivity index (χ3n) is 3.59. The van der Waals surface area contributed by atoms with E-state index in [4.69, 9.17) is 0 Å². The smallest absolute Gasteiger partial charge is 0.222 e. The second-order valence-electron chi connectivity index (χ2n) is 5.17. The largest absolute Gasteiger partial charge is 0.387 e. The molecule has 0 spiro atoms. The van der Waals surface area contributed by atoms with Crippen LogP contribution in [-0.4, -0.2) is 54.0 Å². The number of carbonyl (C=O) groups excluding carboxylic acids is 1. The van der Waals surface area contributed by atoms with Crippen LogP contribution in [0.1, 0.15) is 24.5 Å². The molecule has 0 aliphatic carbocycles. The molecule has 1 aliphatic heterocycles. The summed E-state index contributed by atoms with van der Waals surface area (Å²) in [6.45, 7) is 3.03. The molecule has 1 aromatic carbocycles. The molecule has 1 fully saturated rings. The standard InChI is InChI=1S/C15H22N2O2/c1-16(10-11-17-9-5-8-15(17)19)12-14(18)13-6-3-2-4-7-13/h2-4,6-7,14,18H,5,8-12H2,1H3. The van der Waals surface area contributed by atoms with E-state index in [1.54, 1.807) is 0 Å². The van der Waals surface area contributed by atoms with Gasteiger partial charge in [-0.05, 0) is 19.0 Å². The highest BCUT2D eigenvalue weighted by molar-refractivity contribution is 5.78. The van der Waals surface area contributed by atoms with E-state index < -0.39 is 6.10 Å². The first kappa shape index (κ1) is 14.0. The van der Waals surface area contributed by atoms with Gasteiger partial charge in [-0.25, -0.2) is 0 Å². The van der Waals surface area contributed by atoms with E-state index in [-0.39, 0.29) is 5.91 Å². The lowest BCUT2D eigenvalue weighted by Gasteiger charge is -2.23. The van der Waals surface area contributed by atoms with Crippen molar-refractivity contribution in [3.8, 4) is 0 Å². The summed E-state index contributed by atoms with van der Waals surface area (Å²) in [6, 6.07) is 9.67. The van der Waals surface area contributed by atoms with Crippen LogP contribution in [0.2, 0.25) is 0 Å². The van der Waals surface area contributed by atoms with Crippen molar-refractivity contribution in [1.82, 2.24) is 9.80 Å². The zero-order valence-corrected chi connectivity index (χ0v) is 11.5. The molecule has 0 aromatic heterocycles. The van der Waals surface area contributed by atoms with Gasteiger partial charge in [0.2, 0.25) is 5.91 Å². The number of nitrogens with zero attached hydrogens (tertiary/aromatic N) is 2. The Kier molecular flexibility index (Phi) is 4.93. The van der Waals surface area contributed by atoms with E-state index in [1.807, 2.05) is 42.3 Å². The Labute approximate surface area is 114 Å². The minimum atomic E-state index is -0.472. The molecule has 4 heteroatoms. The van der Waals surface area contributed by atoms with Crippen LogP contribution in [0.4, 0.5) is 0 Å². The lowest BCUT2D eigenvalue weighted by atomic mass is 10.1. The van der Waals surface area contributed by atoms with Crippen molar-refractivity contribution in [3.63, 3.8) is 0 Å². The molecule has 1 aliphatic rings. The van der Waals surface area contributed by atoms with Gasteiger partial charge in [0.15, 0.2) is 0 Å². The van der Waals surface area contributed by atoms with Crippen LogP contribution in [0.25, 0.3) is 0 Å². The van der Waals surface area contributed by atoms with Gasteiger partial charge in [-0.15, -0.1) is 0 Å². The maximum Gasteiger partial charge on any atom is 0.222 e. The fourth-order valence-electron chi connectivity index (χ4n) is 2.40. The first-order valence-corrected chi connectivity index (χ1v) is 6.86. The predicted molar refractivity (Wildman–Crippen MR) is 74.7 cm³/mol. The van der Waals surface area contributed by atoms with Crippen LogP contribution in [-0.2, 0) is 4.79 Å². The summed E-state index contributed by atoms with van der Waals surface area (Å²) < 4.78 is 0. The summed E-state index contributed by atoms with van der Waals surface area (Å²) in [5.74, 6) is 0.261. The number of hydrogen-bond donors (Lipinski definition) is 1. The van der Waals surface area contributed by atoms with E-state index in [0.717, 1.165) is 31.6 Å². The first-order chi connectivity index (χ1) is 9.16. The lowest BCUT2D eigenvalue weighted by Crippen LogP contribution is -2.35. The van der Waals surface area contributed by atoms with Crippen LogP contribution in [0.5, 0.6) is 0 Å². The molecule has 1 heterocycles. The van der Waals surface area contributed by atoms with Gasteiger partial charge < -0.3 is 14.9 Å². The molecular formula is C15H22N2O2. The molecule has 19 heavy (non-hydrogen) atoms. The van der Waals surface area contributed by atoms with Crippen molar-refractivity contribution in [1.29, 1.82) is 0 Å². The van der Waals surface area contributed by atoms with E-state index in [1.165, 1.54) is 0 Å². The van der Waals surface area contributed by atoms with Gasteiger partial charge in [-0.1, -0.05) is 30.3 Å². The molecule has 0 bridgehead atoms. The quantitative estimate of drug-likeness (QED) is 0.840. The third-order valence-corrected chi connectivity index (χ3v) is 3.59. The van der Waals surface area contributed by atoms with Gasteiger partial charge in [0.1, 0.15) is 0 Å². The highest BCUT2D eigenvalue weighted by atomic mass is 16.3. The van der Waals surface area contributed by atoms with Gasteiger partial charge in [0.05, 0.1) is 6.10 Å². The molecule has 1 amide bonds. The van der Waals surface area contributed by atoms with Crippen molar-refractivity contribution in [2.24, 2.45) is 0 Å². The average Bonchev–Trinajstić information content (AvgIpc) is 2.83. The highest BCUT2D eigenvalue weighted by Gasteiger charge is 2.20. The van der Waals surface area contributed by atoms with Crippen LogP contribution in [0.15, 0.2) is 30.3 Å². The molecule has 1 aromatic rings. The monoisotopic (exact) mass is 262 g/mol. The zero-order chi connectivity index (χ0) is 13.7. The van der Waals surface area contributed by atoms with Crippen LogP contribution >= 0.6 is 0 Å². The highest BCUT2D eigenvalue weighted by Crippen LogP contribution is 2.13. The number of likely N-dealkylation sites (tertiary alicyclic amines) is 1. The summed E-state index contributed by atoms with van der Waals surface area (Å²) in [6.07, 6.45) is 1.20. The second-order valence-corrected chi connectivity index (χ2v) is 5.17. The molecule has 104 valence electrons. The number of carbonyl (C=O) groups is 1. The van der Waals surface area contributed by atoms with Gasteiger partial charge in [-0.2, -0.15) is 0 Å². The van der Waals surface area contributed by atoms with Gasteiger partial charge in [0, 0.05) is 32.6 Å². The topological polar surface area (TPSA) is 43.8 Å². The maximum absolute atomic E-state index is 11.5. The molecule has 4 nitrogen and oxygen atoms in total. The minimum absolute atomic E-state index is 0.261. The third kappa shape index (κ3) is 4.04. The number of aliphatic hydroxyl groups excluding tert-OH is 1. The Morgan fingerprint density at radius 1 is 1.37 bits per heavy atom. The number of benzene rings is 1. The molecular weight excluding hydrogens is 240 g/mol. The Morgan fingerprint density at radius 3 is 2.74 bits per heavy atom. The Hall–Kier alpha value is -1.39. The van der Waals surface area contributed by atoms with Crippen molar-refractivity contribution < 1.29 is 9.90 Å². The van der Waals surface area contributed by atoms with E-state index in [2.05, 4.69) is 4.90 Å². The van der Waals surface area contributed by atoms with Crippen molar-refractivity contribution >= 4 is 5.91 Å². The maximum atomic E-state index is 11.5. The lowest BCUT2D eigenvalue weighted by molar-refractivity contribution is -0.127. The fourth-order valence-corrected chi connectivity index (χ4v) is 2.40. The van der Waals surface area contributed by atoms with Gasteiger partial charge >= 0.3 is 0 Å². The van der Waals surface area contributed by atoms with E-state index >= 15 is 0 Å². The predicted octanol–water partition coefficient (Wildman–Crippen LogP) is 1.27. The first-order valence-electron chi connectivity index (χ1n) is 6.86. The minimum Gasteiger partial charge on any atom is -0.387 e. The molecule has 1 unspecified atom stereocenters. The number of hydrogen-bond acceptors (Lipinski definition) is 3. The van der Waals surface area contributed by atoms with Crippen molar-refractivity contribution in [2.75, 3.05) is 33.2 Å². The summed E-state index contributed by atoms with van der Waals surface area (Å²) in [7, 11) is 1.98. The van der Waals surface area contributed by atoms with Crippen LogP contribution in [0.3, 0.4) is 0 Å². The van der Waals surface area contributed by atoms with E-state index in [0.29, 0.717) is 13.0 Å². The van der Waals surface area contributed by atoms with Crippen LogP contribution < -0.4 is 0 Å². The number of rotatable bonds is 6. The molecule has 0 saturated carbocycles.